The second kappa shape index (κ2) is 12.5. The van der Waals surface area contributed by atoms with Crippen molar-refractivity contribution in [3.8, 4) is 0 Å². The molecule has 6 heteroatoms. The van der Waals surface area contributed by atoms with Crippen molar-refractivity contribution in [1.82, 2.24) is 10.2 Å². The fourth-order valence-electron chi connectivity index (χ4n) is 4.83. The van der Waals surface area contributed by atoms with E-state index in [1.54, 1.807) is 13.0 Å². The van der Waals surface area contributed by atoms with Gasteiger partial charge in [-0.15, -0.1) is 0 Å². The SMILES string of the molecule is CC(=O)N1CCCCCCCN(C(C)C)Cc2cc(C(=O)NCC(C)(C)c3cccc(F)c3)ccc21. The maximum Gasteiger partial charge on any atom is 0.251 e. The van der Waals surface area contributed by atoms with Crippen molar-refractivity contribution in [2.75, 3.05) is 24.5 Å². The Morgan fingerprint density at radius 3 is 2.36 bits per heavy atom. The van der Waals surface area contributed by atoms with E-state index in [0.29, 0.717) is 31.2 Å². The predicted molar refractivity (Wildman–Crippen MR) is 145 cm³/mol. The van der Waals surface area contributed by atoms with Gasteiger partial charge >= 0.3 is 0 Å². The summed E-state index contributed by atoms with van der Waals surface area (Å²) in [5, 5.41) is 3.04. The molecule has 36 heavy (non-hydrogen) atoms. The largest absolute Gasteiger partial charge is 0.351 e. The van der Waals surface area contributed by atoms with Gasteiger partial charge in [-0.25, -0.2) is 4.39 Å². The third-order valence-corrected chi connectivity index (χ3v) is 7.24. The number of anilines is 1. The first-order valence-corrected chi connectivity index (χ1v) is 13.3. The highest BCUT2D eigenvalue weighted by molar-refractivity contribution is 5.97. The molecule has 0 aromatic heterocycles. The molecule has 0 fully saturated rings. The Morgan fingerprint density at radius 2 is 1.69 bits per heavy atom. The van der Waals surface area contributed by atoms with Gasteiger partial charge in [-0.3, -0.25) is 14.5 Å². The summed E-state index contributed by atoms with van der Waals surface area (Å²) in [4.78, 5) is 30.1. The normalized spacial score (nSPS) is 16.1. The second-order valence-electron chi connectivity index (χ2n) is 10.9. The number of halogens is 1. The van der Waals surface area contributed by atoms with Crippen LogP contribution >= 0.6 is 0 Å². The molecule has 2 aromatic carbocycles. The van der Waals surface area contributed by atoms with Gasteiger partial charge < -0.3 is 10.2 Å². The van der Waals surface area contributed by atoms with E-state index in [1.807, 2.05) is 43.0 Å². The van der Waals surface area contributed by atoms with Crippen LogP contribution in [0.4, 0.5) is 10.1 Å². The van der Waals surface area contributed by atoms with Crippen molar-refractivity contribution in [2.24, 2.45) is 0 Å². The summed E-state index contributed by atoms with van der Waals surface area (Å²) in [6.07, 6.45) is 5.63. The van der Waals surface area contributed by atoms with Crippen LogP contribution in [0.3, 0.4) is 0 Å². The standard InChI is InChI=1S/C30H42FN3O2/c1-22(2)33-16-9-7-6-8-10-17-34(23(3)35)28-15-14-24(18-25(28)20-33)29(36)32-21-30(4,5)26-12-11-13-27(31)19-26/h11-15,18-19,22H,6-10,16-17,20-21H2,1-5H3,(H,32,36). The monoisotopic (exact) mass is 495 g/mol. The quantitative estimate of drug-likeness (QED) is 0.549. The first-order chi connectivity index (χ1) is 17.1. The van der Waals surface area contributed by atoms with E-state index in [2.05, 4.69) is 24.1 Å². The number of nitrogens with one attached hydrogen (secondary N) is 1. The second-order valence-corrected chi connectivity index (χ2v) is 10.9. The molecule has 0 bridgehead atoms. The lowest BCUT2D eigenvalue weighted by Crippen LogP contribution is -2.37. The van der Waals surface area contributed by atoms with Gasteiger partial charge in [-0.05, 0) is 74.7 Å². The van der Waals surface area contributed by atoms with Crippen LogP contribution in [0.1, 0.15) is 88.2 Å². The summed E-state index contributed by atoms with van der Waals surface area (Å²) in [6, 6.07) is 12.6. The zero-order valence-electron chi connectivity index (χ0n) is 22.6. The Bertz CT molecular complexity index is 1050. The van der Waals surface area contributed by atoms with Crippen LogP contribution in [-0.4, -0.2) is 42.4 Å². The lowest BCUT2D eigenvalue weighted by molar-refractivity contribution is -0.116. The molecule has 3 rings (SSSR count). The van der Waals surface area contributed by atoms with Gasteiger partial charge in [0, 0.05) is 49.3 Å². The summed E-state index contributed by atoms with van der Waals surface area (Å²) >= 11 is 0. The highest BCUT2D eigenvalue weighted by Crippen LogP contribution is 2.27. The average molecular weight is 496 g/mol. The number of rotatable bonds is 5. The minimum Gasteiger partial charge on any atom is -0.351 e. The summed E-state index contributed by atoms with van der Waals surface area (Å²) in [5.74, 6) is -0.422. The summed E-state index contributed by atoms with van der Waals surface area (Å²) in [6.45, 7) is 12.7. The molecule has 2 amide bonds. The third-order valence-electron chi connectivity index (χ3n) is 7.24. The van der Waals surface area contributed by atoms with Crippen LogP contribution in [0.5, 0.6) is 0 Å². The highest BCUT2D eigenvalue weighted by atomic mass is 19.1. The molecule has 2 aromatic rings. The lowest BCUT2D eigenvalue weighted by atomic mass is 9.84. The molecule has 0 aliphatic carbocycles. The van der Waals surface area contributed by atoms with Crippen LogP contribution in [0.15, 0.2) is 42.5 Å². The van der Waals surface area contributed by atoms with E-state index in [0.717, 1.165) is 42.6 Å². The Hall–Kier alpha value is -2.73. The molecule has 0 saturated carbocycles. The number of benzene rings is 2. The topological polar surface area (TPSA) is 52.7 Å². The van der Waals surface area contributed by atoms with Crippen molar-refractivity contribution in [2.45, 2.75) is 84.7 Å². The van der Waals surface area contributed by atoms with Gasteiger partial charge in [0.05, 0.1) is 0 Å². The highest BCUT2D eigenvalue weighted by Gasteiger charge is 2.24. The summed E-state index contributed by atoms with van der Waals surface area (Å²) < 4.78 is 13.7. The van der Waals surface area contributed by atoms with E-state index in [1.165, 1.54) is 25.0 Å². The van der Waals surface area contributed by atoms with Crippen LogP contribution < -0.4 is 10.2 Å². The minimum absolute atomic E-state index is 0.0263. The number of amides is 2. The van der Waals surface area contributed by atoms with Gasteiger partial charge in [0.25, 0.3) is 5.91 Å². The number of hydrogen-bond donors (Lipinski definition) is 1. The minimum atomic E-state index is -0.422. The van der Waals surface area contributed by atoms with Gasteiger partial charge in [0.1, 0.15) is 5.82 Å². The number of nitrogens with zero attached hydrogens (tertiary/aromatic N) is 2. The number of hydrogen-bond acceptors (Lipinski definition) is 3. The molecule has 1 heterocycles. The molecular weight excluding hydrogens is 453 g/mol. The Morgan fingerprint density at radius 1 is 1.00 bits per heavy atom. The maximum atomic E-state index is 13.7. The van der Waals surface area contributed by atoms with Crippen molar-refractivity contribution in [3.63, 3.8) is 0 Å². The fraction of sp³-hybridized carbons (Fsp3) is 0.533. The molecule has 1 N–H and O–H groups in total. The van der Waals surface area contributed by atoms with Gasteiger partial charge in [0.15, 0.2) is 0 Å². The van der Waals surface area contributed by atoms with E-state index in [9.17, 15) is 14.0 Å². The van der Waals surface area contributed by atoms with Gasteiger partial charge in [-0.2, -0.15) is 0 Å². The molecule has 0 atom stereocenters. The number of carbonyl (C=O) groups is 2. The Balaban J connectivity index is 1.87. The summed E-state index contributed by atoms with van der Waals surface area (Å²) in [5.41, 5.74) is 2.88. The molecule has 5 nitrogen and oxygen atoms in total. The number of fused-ring (bicyclic) bond motifs is 1. The average Bonchev–Trinajstić information content (AvgIpc) is 2.82. The lowest BCUT2D eigenvalue weighted by Gasteiger charge is -2.31. The predicted octanol–water partition coefficient (Wildman–Crippen LogP) is 6.06. The van der Waals surface area contributed by atoms with Crippen LogP contribution in [-0.2, 0) is 16.8 Å². The van der Waals surface area contributed by atoms with Crippen molar-refractivity contribution < 1.29 is 14.0 Å². The van der Waals surface area contributed by atoms with Crippen molar-refractivity contribution >= 4 is 17.5 Å². The van der Waals surface area contributed by atoms with Crippen molar-refractivity contribution in [3.05, 3.63) is 65.0 Å². The molecule has 0 spiro atoms. The fourth-order valence-corrected chi connectivity index (χ4v) is 4.83. The van der Waals surface area contributed by atoms with Gasteiger partial charge in [0.2, 0.25) is 5.91 Å². The van der Waals surface area contributed by atoms with E-state index >= 15 is 0 Å². The zero-order valence-corrected chi connectivity index (χ0v) is 22.6. The molecule has 1 aliphatic heterocycles. The van der Waals surface area contributed by atoms with E-state index in [-0.39, 0.29) is 17.6 Å². The molecule has 0 unspecified atom stereocenters. The Labute approximate surface area is 216 Å². The molecule has 196 valence electrons. The molecule has 0 radical (unpaired) electrons. The van der Waals surface area contributed by atoms with E-state index in [4.69, 9.17) is 0 Å². The van der Waals surface area contributed by atoms with Crippen LogP contribution in [0, 0.1) is 5.82 Å². The van der Waals surface area contributed by atoms with E-state index < -0.39 is 5.41 Å². The third kappa shape index (κ3) is 7.39. The first kappa shape index (κ1) is 27.9. The van der Waals surface area contributed by atoms with Crippen molar-refractivity contribution in [1.29, 1.82) is 0 Å². The molecule has 1 aliphatic rings. The summed E-state index contributed by atoms with van der Waals surface area (Å²) in [7, 11) is 0. The number of carbonyl (C=O) groups excluding carboxylic acids is 2. The van der Waals surface area contributed by atoms with Crippen LogP contribution in [0.2, 0.25) is 0 Å². The maximum absolute atomic E-state index is 13.7. The Kier molecular flexibility index (Phi) is 9.66. The molecular formula is C30H42FN3O2. The first-order valence-electron chi connectivity index (χ1n) is 13.3. The van der Waals surface area contributed by atoms with Gasteiger partial charge in [-0.1, -0.05) is 45.2 Å². The molecule has 0 saturated heterocycles. The van der Waals surface area contributed by atoms with Crippen LogP contribution in [0.25, 0.3) is 0 Å². The zero-order chi connectivity index (χ0) is 26.3. The smallest absolute Gasteiger partial charge is 0.251 e.